The van der Waals surface area contributed by atoms with E-state index in [1.54, 1.807) is 17.7 Å². The molecule has 0 unspecified atom stereocenters. The zero-order valence-electron chi connectivity index (χ0n) is 14.3. The molecule has 4 rings (SSSR count). The minimum atomic E-state index is -0.216. The number of hydrogen-bond donors (Lipinski definition) is 0. The summed E-state index contributed by atoms with van der Waals surface area (Å²) in [5, 5.41) is 3.19. The largest absolute Gasteiger partial charge is 0.353 e. The molecule has 6 heteroatoms. The van der Waals surface area contributed by atoms with E-state index in [1.807, 2.05) is 12.1 Å². The highest BCUT2D eigenvalue weighted by Gasteiger charge is 2.22. The Morgan fingerprint density at radius 2 is 1.84 bits per heavy atom. The molecule has 0 radical (unpaired) electrons. The fourth-order valence-corrected chi connectivity index (χ4v) is 4.35. The van der Waals surface area contributed by atoms with E-state index in [0.717, 1.165) is 59.9 Å². The first-order chi connectivity index (χ1) is 12.3. The first-order valence-corrected chi connectivity index (χ1v) is 9.59. The molecule has 130 valence electrons. The van der Waals surface area contributed by atoms with Gasteiger partial charge in [0.15, 0.2) is 0 Å². The molecule has 25 heavy (non-hydrogen) atoms. The van der Waals surface area contributed by atoms with Crippen molar-refractivity contribution in [2.24, 2.45) is 0 Å². The maximum absolute atomic E-state index is 13.3. The van der Waals surface area contributed by atoms with Crippen LogP contribution in [-0.2, 0) is 0 Å². The topological polar surface area (TPSA) is 32.3 Å². The molecule has 4 nitrogen and oxygen atoms in total. The smallest absolute Gasteiger partial charge is 0.141 e. The SMILES string of the molecule is CCCN1CCN(c2ncnc3scc(-c4ccc(F)cc4)c23)CC1. The van der Waals surface area contributed by atoms with Gasteiger partial charge in [-0.1, -0.05) is 19.1 Å². The number of halogens is 1. The normalized spacial score (nSPS) is 15.8. The number of piperazine rings is 1. The Morgan fingerprint density at radius 1 is 1.08 bits per heavy atom. The molecule has 3 aromatic rings. The highest BCUT2D eigenvalue weighted by atomic mass is 32.1. The lowest BCUT2D eigenvalue weighted by Crippen LogP contribution is -2.46. The molecule has 0 aliphatic carbocycles. The number of anilines is 1. The van der Waals surface area contributed by atoms with E-state index in [9.17, 15) is 4.39 Å². The monoisotopic (exact) mass is 356 g/mol. The number of nitrogens with zero attached hydrogens (tertiary/aromatic N) is 4. The predicted octanol–water partition coefficient (Wildman–Crippen LogP) is 4.03. The van der Waals surface area contributed by atoms with Gasteiger partial charge in [0, 0.05) is 37.1 Å². The molecule has 0 atom stereocenters. The third kappa shape index (κ3) is 3.24. The molecule has 0 N–H and O–H groups in total. The van der Waals surface area contributed by atoms with Crippen molar-refractivity contribution in [3.8, 4) is 11.1 Å². The van der Waals surface area contributed by atoms with Crippen LogP contribution in [0.2, 0.25) is 0 Å². The van der Waals surface area contributed by atoms with Crippen molar-refractivity contribution in [2.45, 2.75) is 13.3 Å². The molecular weight excluding hydrogens is 335 g/mol. The first-order valence-electron chi connectivity index (χ1n) is 8.71. The molecule has 0 spiro atoms. The van der Waals surface area contributed by atoms with Crippen LogP contribution < -0.4 is 4.90 Å². The quantitative estimate of drug-likeness (QED) is 0.706. The molecule has 1 fully saturated rings. The number of rotatable bonds is 4. The van der Waals surface area contributed by atoms with E-state index in [4.69, 9.17) is 0 Å². The van der Waals surface area contributed by atoms with E-state index in [0.29, 0.717) is 0 Å². The van der Waals surface area contributed by atoms with Crippen LogP contribution in [0.4, 0.5) is 10.2 Å². The average Bonchev–Trinajstić information content (AvgIpc) is 3.08. The second kappa shape index (κ2) is 7.06. The average molecular weight is 356 g/mol. The Hall–Kier alpha value is -2.05. The first kappa shape index (κ1) is 16.4. The van der Waals surface area contributed by atoms with Gasteiger partial charge in [-0.2, -0.15) is 0 Å². The molecule has 1 saturated heterocycles. The van der Waals surface area contributed by atoms with Gasteiger partial charge < -0.3 is 4.90 Å². The summed E-state index contributed by atoms with van der Waals surface area (Å²) in [6, 6.07) is 6.66. The highest BCUT2D eigenvalue weighted by Crippen LogP contribution is 2.38. The van der Waals surface area contributed by atoms with Crippen molar-refractivity contribution in [1.29, 1.82) is 0 Å². The van der Waals surface area contributed by atoms with Crippen molar-refractivity contribution < 1.29 is 4.39 Å². The summed E-state index contributed by atoms with van der Waals surface area (Å²) in [6.45, 7) is 7.47. The molecular formula is C19H21FN4S. The van der Waals surface area contributed by atoms with E-state index < -0.39 is 0 Å². The number of aromatic nitrogens is 2. The molecule has 1 aliphatic heterocycles. The van der Waals surface area contributed by atoms with Gasteiger partial charge in [-0.3, -0.25) is 4.90 Å². The van der Waals surface area contributed by atoms with Crippen molar-refractivity contribution in [3.63, 3.8) is 0 Å². The molecule has 1 aliphatic rings. The van der Waals surface area contributed by atoms with Gasteiger partial charge in [0.2, 0.25) is 0 Å². The molecule has 0 bridgehead atoms. The zero-order chi connectivity index (χ0) is 17.2. The fraction of sp³-hybridized carbons (Fsp3) is 0.368. The van der Waals surface area contributed by atoms with Gasteiger partial charge in [-0.25, -0.2) is 14.4 Å². The second-order valence-corrected chi connectivity index (χ2v) is 7.22. The van der Waals surface area contributed by atoms with Crippen LogP contribution in [0.3, 0.4) is 0 Å². The third-order valence-electron chi connectivity index (χ3n) is 4.72. The van der Waals surface area contributed by atoms with E-state index in [-0.39, 0.29) is 5.82 Å². The third-order valence-corrected chi connectivity index (χ3v) is 5.60. The van der Waals surface area contributed by atoms with Gasteiger partial charge in [0.05, 0.1) is 5.39 Å². The van der Waals surface area contributed by atoms with Crippen LogP contribution in [0.25, 0.3) is 21.3 Å². The van der Waals surface area contributed by atoms with Crippen LogP contribution in [0.15, 0.2) is 36.0 Å². The lowest BCUT2D eigenvalue weighted by atomic mass is 10.1. The predicted molar refractivity (Wildman–Crippen MR) is 102 cm³/mol. The maximum Gasteiger partial charge on any atom is 0.141 e. The molecule has 2 aromatic heterocycles. The van der Waals surface area contributed by atoms with Gasteiger partial charge in [-0.05, 0) is 30.7 Å². The molecule has 3 heterocycles. The summed E-state index contributed by atoms with van der Waals surface area (Å²) in [5.74, 6) is 0.786. The summed E-state index contributed by atoms with van der Waals surface area (Å²) in [7, 11) is 0. The summed E-state index contributed by atoms with van der Waals surface area (Å²) in [6.07, 6.45) is 2.85. The summed E-state index contributed by atoms with van der Waals surface area (Å²) in [5.41, 5.74) is 2.10. The Bertz CT molecular complexity index is 853. The van der Waals surface area contributed by atoms with Crippen LogP contribution in [0, 0.1) is 5.82 Å². The van der Waals surface area contributed by atoms with Gasteiger partial charge in [0.1, 0.15) is 22.8 Å². The number of thiophene rings is 1. The Morgan fingerprint density at radius 3 is 2.56 bits per heavy atom. The number of fused-ring (bicyclic) bond motifs is 1. The Balaban J connectivity index is 1.70. The highest BCUT2D eigenvalue weighted by molar-refractivity contribution is 7.17. The standard InChI is InChI=1S/C19H21FN4S/c1-2-7-23-8-10-24(11-9-23)18-17-16(12-25-19(17)22-13-21-18)14-3-5-15(20)6-4-14/h3-6,12-13H,2,7-11H2,1H3. The summed E-state index contributed by atoms with van der Waals surface area (Å²) < 4.78 is 13.3. The van der Waals surface area contributed by atoms with Crippen LogP contribution in [0.5, 0.6) is 0 Å². The van der Waals surface area contributed by atoms with Crippen LogP contribution in [0.1, 0.15) is 13.3 Å². The zero-order valence-corrected chi connectivity index (χ0v) is 15.1. The maximum atomic E-state index is 13.3. The lowest BCUT2D eigenvalue weighted by molar-refractivity contribution is 0.258. The van der Waals surface area contributed by atoms with Crippen molar-refractivity contribution >= 4 is 27.4 Å². The van der Waals surface area contributed by atoms with Crippen LogP contribution in [-0.4, -0.2) is 47.6 Å². The summed E-state index contributed by atoms with van der Waals surface area (Å²) in [4.78, 5) is 14.9. The number of benzene rings is 1. The number of hydrogen-bond acceptors (Lipinski definition) is 5. The Kier molecular flexibility index (Phi) is 4.63. The molecule has 0 amide bonds. The van der Waals surface area contributed by atoms with Gasteiger partial charge >= 0.3 is 0 Å². The van der Waals surface area contributed by atoms with Crippen molar-refractivity contribution in [3.05, 3.63) is 41.8 Å². The van der Waals surface area contributed by atoms with Crippen molar-refractivity contribution in [2.75, 3.05) is 37.6 Å². The molecule has 0 saturated carbocycles. The van der Waals surface area contributed by atoms with E-state index in [1.165, 1.54) is 18.6 Å². The fourth-order valence-electron chi connectivity index (χ4n) is 3.44. The Labute approximate surface area is 150 Å². The second-order valence-electron chi connectivity index (χ2n) is 6.36. The van der Waals surface area contributed by atoms with Crippen molar-refractivity contribution in [1.82, 2.24) is 14.9 Å². The van der Waals surface area contributed by atoms with Gasteiger partial charge in [0.25, 0.3) is 0 Å². The lowest BCUT2D eigenvalue weighted by Gasteiger charge is -2.35. The van der Waals surface area contributed by atoms with Gasteiger partial charge in [-0.15, -0.1) is 11.3 Å². The summed E-state index contributed by atoms with van der Waals surface area (Å²) >= 11 is 1.62. The minimum Gasteiger partial charge on any atom is -0.353 e. The van der Waals surface area contributed by atoms with Crippen LogP contribution >= 0.6 is 11.3 Å². The van der Waals surface area contributed by atoms with E-state index in [2.05, 4.69) is 32.1 Å². The molecule has 1 aromatic carbocycles. The van der Waals surface area contributed by atoms with E-state index >= 15 is 0 Å². The minimum absolute atomic E-state index is 0.216.